The van der Waals surface area contributed by atoms with Crippen LogP contribution in [0.5, 0.6) is 0 Å². The molecule has 1 unspecified atom stereocenters. The number of imide groups is 1. The third-order valence-corrected chi connectivity index (χ3v) is 3.49. The Kier molecular flexibility index (Phi) is 2.30. The first-order valence-corrected chi connectivity index (χ1v) is 5.85. The van der Waals surface area contributed by atoms with Gasteiger partial charge in [0.25, 0.3) is 5.91 Å². The number of carbonyl (C=O) groups excluding carboxylic acids is 2. The van der Waals surface area contributed by atoms with Gasteiger partial charge in [0.1, 0.15) is 6.04 Å². The smallest absolute Gasteiger partial charge is 0.252 e. The maximum absolute atomic E-state index is 12.0. The molecule has 1 atom stereocenters. The number of nitrogens with zero attached hydrogens (tertiary/aromatic N) is 3. The van der Waals surface area contributed by atoms with Crippen LogP contribution >= 0.6 is 12.2 Å². The van der Waals surface area contributed by atoms with Crippen molar-refractivity contribution in [3.63, 3.8) is 0 Å². The summed E-state index contributed by atoms with van der Waals surface area (Å²) in [6.07, 6.45) is 3.43. The molecule has 7 heteroatoms. The van der Waals surface area contributed by atoms with Crippen molar-refractivity contribution < 1.29 is 9.59 Å². The molecule has 3 heterocycles. The van der Waals surface area contributed by atoms with E-state index in [1.165, 1.54) is 7.05 Å². The van der Waals surface area contributed by atoms with Gasteiger partial charge in [-0.2, -0.15) is 0 Å². The van der Waals surface area contributed by atoms with Gasteiger partial charge in [0.05, 0.1) is 23.7 Å². The van der Waals surface area contributed by atoms with Crippen molar-refractivity contribution in [2.45, 2.75) is 12.5 Å². The van der Waals surface area contributed by atoms with E-state index in [-0.39, 0.29) is 18.2 Å². The Morgan fingerprint density at radius 1 is 1.50 bits per heavy atom. The fourth-order valence-corrected chi connectivity index (χ4v) is 2.56. The molecule has 0 aliphatic carbocycles. The molecule has 2 aromatic heterocycles. The van der Waals surface area contributed by atoms with Crippen LogP contribution in [0.15, 0.2) is 18.5 Å². The van der Waals surface area contributed by atoms with Crippen LogP contribution in [0.2, 0.25) is 0 Å². The highest BCUT2D eigenvalue weighted by atomic mass is 32.1. The fourth-order valence-electron chi connectivity index (χ4n) is 2.23. The second kappa shape index (κ2) is 3.74. The number of imidazole rings is 1. The van der Waals surface area contributed by atoms with Crippen LogP contribution in [0.4, 0.5) is 0 Å². The summed E-state index contributed by atoms with van der Waals surface area (Å²) in [5, 5.41) is 0. The van der Waals surface area contributed by atoms with Crippen LogP contribution < -0.4 is 0 Å². The van der Waals surface area contributed by atoms with Gasteiger partial charge in [0.15, 0.2) is 4.77 Å². The quantitative estimate of drug-likeness (QED) is 0.615. The number of aromatic nitrogens is 3. The van der Waals surface area contributed by atoms with E-state index < -0.39 is 6.04 Å². The first-order valence-electron chi connectivity index (χ1n) is 5.44. The Labute approximate surface area is 107 Å². The Bertz CT molecular complexity index is 717. The Morgan fingerprint density at radius 3 is 2.94 bits per heavy atom. The Balaban J connectivity index is 2.21. The number of fused-ring (bicyclic) bond motifs is 1. The van der Waals surface area contributed by atoms with Crippen LogP contribution in [0.25, 0.3) is 11.0 Å². The van der Waals surface area contributed by atoms with Gasteiger partial charge in [0, 0.05) is 13.2 Å². The van der Waals surface area contributed by atoms with Gasteiger partial charge in [-0.3, -0.25) is 19.5 Å². The van der Waals surface area contributed by atoms with Crippen molar-refractivity contribution in [1.29, 1.82) is 0 Å². The Morgan fingerprint density at radius 2 is 2.28 bits per heavy atom. The number of H-pyrrole nitrogens is 1. The fraction of sp³-hybridized carbons (Fsp3) is 0.273. The van der Waals surface area contributed by atoms with Crippen molar-refractivity contribution >= 4 is 35.1 Å². The highest BCUT2D eigenvalue weighted by Gasteiger charge is 2.38. The first kappa shape index (κ1) is 11.1. The van der Waals surface area contributed by atoms with E-state index in [0.717, 1.165) is 15.9 Å². The van der Waals surface area contributed by atoms with Crippen LogP contribution in [-0.2, 0) is 9.59 Å². The van der Waals surface area contributed by atoms with E-state index in [0.29, 0.717) is 4.77 Å². The number of nitrogens with one attached hydrogen (secondary N) is 1. The van der Waals surface area contributed by atoms with Gasteiger partial charge in [-0.25, -0.2) is 0 Å². The predicted octanol–water partition coefficient (Wildman–Crippen LogP) is 1.02. The molecule has 3 rings (SSSR count). The largest absolute Gasteiger partial charge is 0.329 e. The number of rotatable bonds is 1. The molecule has 1 N–H and O–H groups in total. The van der Waals surface area contributed by atoms with E-state index in [9.17, 15) is 9.59 Å². The third-order valence-electron chi connectivity index (χ3n) is 3.19. The molecule has 2 aromatic rings. The van der Waals surface area contributed by atoms with E-state index in [4.69, 9.17) is 12.2 Å². The number of hydrogen-bond donors (Lipinski definition) is 1. The molecule has 0 saturated carbocycles. The summed E-state index contributed by atoms with van der Waals surface area (Å²) in [4.78, 5) is 31.7. The van der Waals surface area contributed by atoms with Crippen molar-refractivity contribution in [3.05, 3.63) is 23.2 Å². The predicted molar refractivity (Wildman–Crippen MR) is 66.3 cm³/mol. The van der Waals surface area contributed by atoms with Crippen molar-refractivity contribution in [3.8, 4) is 0 Å². The lowest BCUT2D eigenvalue weighted by atomic mass is 10.2. The number of likely N-dealkylation sites (N-methyl/N-ethyl adjacent to an activating group) is 1. The average Bonchev–Trinajstić information content (AvgIpc) is 2.80. The number of likely N-dealkylation sites (tertiary alicyclic amines) is 1. The Hall–Kier alpha value is -2.02. The zero-order valence-electron chi connectivity index (χ0n) is 9.58. The summed E-state index contributed by atoms with van der Waals surface area (Å²) in [6, 6.07) is 1.23. The molecule has 6 nitrogen and oxygen atoms in total. The van der Waals surface area contributed by atoms with Crippen molar-refractivity contribution in [2.24, 2.45) is 0 Å². The SMILES string of the molecule is CN1C(=O)CC(n2c(=S)[nH]c3cnccc32)C1=O. The van der Waals surface area contributed by atoms with Crippen LogP contribution in [0, 0.1) is 4.77 Å². The molecule has 1 aliphatic rings. The molecule has 92 valence electrons. The van der Waals surface area contributed by atoms with Crippen LogP contribution in [0.1, 0.15) is 12.5 Å². The van der Waals surface area contributed by atoms with Crippen molar-refractivity contribution in [1.82, 2.24) is 19.4 Å². The molecular formula is C11H10N4O2S. The standard InChI is InChI=1S/C11H10N4O2S/c1-14-9(16)4-8(10(14)17)15-7-2-3-12-5-6(7)13-11(15)18/h2-3,5,8H,4H2,1H3,(H,13,18). The molecule has 1 fully saturated rings. The molecule has 1 saturated heterocycles. The van der Waals surface area contributed by atoms with E-state index in [1.807, 2.05) is 0 Å². The zero-order valence-corrected chi connectivity index (χ0v) is 10.4. The van der Waals surface area contributed by atoms with Crippen LogP contribution in [-0.4, -0.2) is 38.3 Å². The maximum atomic E-state index is 12.0. The normalized spacial score (nSPS) is 20.1. The van der Waals surface area contributed by atoms with Gasteiger partial charge in [0.2, 0.25) is 5.91 Å². The lowest BCUT2D eigenvalue weighted by Crippen LogP contribution is -2.26. The van der Waals surface area contributed by atoms with Gasteiger partial charge < -0.3 is 9.55 Å². The lowest BCUT2D eigenvalue weighted by Gasteiger charge is -2.11. The van der Waals surface area contributed by atoms with Gasteiger partial charge in [-0.1, -0.05) is 0 Å². The first-order chi connectivity index (χ1) is 8.59. The molecule has 18 heavy (non-hydrogen) atoms. The summed E-state index contributed by atoms with van der Waals surface area (Å²) in [6.45, 7) is 0. The summed E-state index contributed by atoms with van der Waals surface area (Å²) in [7, 11) is 1.49. The number of hydrogen-bond acceptors (Lipinski definition) is 4. The summed E-state index contributed by atoms with van der Waals surface area (Å²) in [5.41, 5.74) is 1.55. The molecule has 1 aliphatic heterocycles. The average molecular weight is 262 g/mol. The second-order valence-electron chi connectivity index (χ2n) is 4.20. The second-order valence-corrected chi connectivity index (χ2v) is 4.59. The molecule has 0 aromatic carbocycles. The number of aromatic amines is 1. The van der Waals surface area contributed by atoms with Crippen LogP contribution in [0.3, 0.4) is 0 Å². The minimum atomic E-state index is -0.550. The molecule has 0 spiro atoms. The van der Waals surface area contributed by atoms with E-state index in [1.54, 1.807) is 23.0 Å². The summed E-state index contributed by atoms with van der Waals surface area (Å²) >= 11 is 5.22. The minimum absolute atomic E-state index is 0.152. The zero-order chi connectivity index (χ0) is 12.9. The minimum Gasteiger partial charge on any atom is -0.329 e. The highest BCUT2D eigenvalue weighted by molar-refractivity contribution is 7.71. The molecule has 0 radical (unpaired) electrons. The summed E-state index contributed by atoms with van der Waals surface area (Å²) < 4.78 is 2.12. The summed E-state index contributed by atoms with van der Waals surface area (Å²) in [5.74, 6) is -0.413. The molecule has 2 amide bonds. The molecule has 0 bridgehead atoms. The molecular weight excluding hydrogens is 252 g/mol. The monoisotopic (exact) mass is 262 g/mol. The number of amides is 2. The van der Waals surface area contributed by atoms with E-state index >= 15 is 0 Å². The van der Waals surface area contributed by atoms with Gasteiger partial charge in [-0.15, -0.1) is 0 Å². The van der Waals surface area contributed by atoms with Gasteiger partial charge >= 0.3 is 0 Å². The van der Waals surface area contributed by atoms with E-state index in [2.05, 4.69) is 9.97 Å². The lowest BCUT2D eigenvalue weighted by molar-refractivity contribution is -0.137. The number of pyridine rings is 1. The number of carbonyl (C=O) groups is 2. The van der Waals surface area contributed by atoms with Crippen molar-refractivity contribution in [2.75, 3.05) is 7.05 Å². The topological polar surface area (TPSA) is 71.0 Å². The van der Waals surface area contributed by atoms with Gasteiger partial charge in [-0.05, 0) is 18.3 Å². The maximum Gasteiger partial charge on any atom is 0.252 e. The highest BCUT2D eigenvalue weighted by Crippen LogP contribution is 2.27. The third kappa shape index (κ3) is 1.40.